The molecule has 0 aliphatic heterocycles. The first-order valence-electron chi connectivity index (χ1n) is 7.79. The zero-order valence-corrected chi connectivity index (χ0v) is 14.3. The van der Waals surface area contributed by atoms with E-state index in [4.69, 9.17) is 4.98 Å². The van der Waals surface area contributed by atoms with Crippen molar-refractivity contribution in [1.82, 2.24) is 9.38 Å². The number of hydrogen-bond acceptors (Lipinski definition) is 3. The minimum absolute atomic E-state index is 0.0397. The van der Waals surface area contributed by atoms with E-state index in [0.29, 0.717) is 5.65 Å². The van der Waals surface area contributed by atoms with Crippen LogP contribution in [0.25, 0.3) is 26.7 Å². The van der Waals surface area contributed by atoms with Gasteiger partial charge < -0.3 is 0 Å². The quantitative estimate of drug-likeness (QED) is 0.533. The van der Waals surface area contributed by atoms with E-state index in [2.05, 4.69) is 25.1 Å². The van der Waals surface area contributed by atoms with Crippen molar-refractivity contribution in [1.29, 1.82) is 0 Å². The Hall–Kier alpha value is -2.72. The Balaban J connectivity index is 1.90. The van der Waals surface area contributed by atoms with Gasteiger partial charge in [0.15, 0.2) is 0 Å². The van der Waals surface area contributed by atoms with Crippen molar-refractivity contribution in [2.24, 2.45) is 0 Å². The molecule has 0 bridgehead atoms. The molecular formula is C20H16N2OS. The Morgan fingerprint density at radius 2 is 1.75 bits per heavy atom. The number of aromatic nitrogens is 2. The van der Waals surface area contributed by atoms with Crippen LogP contribution in [0.4, 0.5) is 0 Å². The summed E-state index contributed by atoms with van der Waals surface area (Å²) in [4.78, 5) is 19.5. The molecule has 0 atom stereocenters. The molecule has 3 nitrogen and oxygen atoms in total. The number of benzene rings is 1. The number of pyridine rings is 1. The maximum Gasteiger partial charge on any atom is 0.258 e. The van der Waals surface area contributed by atoms with Crippen molar-refractivity contribution in [3.8, 4) is 21.0 Å². The SMILES string of the molecule is Cc1cc(-c2ccccc2)sc1-c1cc(=O)n2c(C)cccc2n1. The fourth-order valence-corrected chi connectivity index (χ4v) is 4.05. The van der Waals surface area contributed by atoms with Gasteiger partial charge in [0.25, 0.3) is 5.56 Å². The summed E-state index contributed by atoms with van der Waals surface area (Å²) in [5.74, 6) is 0. The van der Waals surface area contributed by atoms with E-state index >= 15 is 0 Å². The summed E-state index contributed by atoms with van der Waals surface area (Å²) in [6, 6.07) is 19.8. The highest BCUT2D eigenvalue weighted by molar-refractivity contribution is 7.19. The topological polar surface area (TPSA) is 34.4 Å². The fraction of sp³-hybridized carbons (Fsp3) is 0.100. The van der Waals surface area contributed by atoms with Crippen LogP contribution in [0.5, 0.6) is 0 Å². The van der Waals surface area contributed by atoms with Gasteiger partial charge in [0.1, 0.15) is 5.65 Å². The second-order valence-corrected chi connectivity index (χ2v) is 6.88. The summed E-state index contributed by atoms with van der Waals surface area (Å²) in [7, 11) is 0. The molecular weight excluding hydrogens is 316 g/mol. The molecule has 4 aromatic rings. The number of hydrogen-bond donors (Lipinski definition) is 0. The van der Waals surface area contributed by atoms with Crippen LogP contribution in [0, 0.1) is 13.8 Å². The van der Waals surface area contributed by atoms with E-state index in [1.807, 2.05) is 43.3 Å². The molecule has 1 aromatic carbocycles. The van der Waals surface area contributed by atoms with Crippen molar-refractivity contribution < 1.29 is 0 Å². The first kappa shape index (κ1) is 14.8. The molecule has 118 valence electrons. The Labute approximate surface area is 143 Å². The molecule has 0 radical (unpaired) electrons. The highest BCUT2D eigenvalue weighted by atomic mass is 32.1. The first-order chi connectivity index (χ1) is 11.6. The van der Waals surface area contributed by atoms with Crippen LogP contribution in [0.3, 0.4) is 0 Å². The van der Waals surface area contributed by atoms with E-state index in [1.165, 1.54) is 10.4 Å². The van der Waals surface area contributed by atoms with E-state index < -0.39 is 0 Å². The average molecular weight is 332 g/mol. The highest BCUT2D eigenvalue weighted by Gasteiger charge is 2.13. The van der Waals surface area contributed by atoms with Gasteiger partial charge in [-0.05, 0) is 43.2 Å². The van der Waals surface area contributed by atoms with Crippen molar-refractivity contribution >= 4 is 17.0 Å². The van der Waals surface area contributed by atoms with E-state index in [9.17, 15) is 4.79 Å². The van der Waals surface area contributed by atoms with Gasteiger partial charge in [-0.3, -0.25) is 9.20 Å². The molecule has 0 fully saturated rings. The molecule has 3 heterocycles. The molecule has 0 amide bonds. The average Bonchev–Trinajstić information content (AvgIpc) is 2.97. The Bertz CT molecular complexity index is 1090. The van der Waals surface area contributed by atoms with Crippen LogP contribution in [-0.2, 0) is 0 Å². The van der Waals surface area contributed by atoms with Crippen molar-refractivity contribution in [3.05, 3.63) is 82.3 Å². The predicted octanol–water partition coefficient (Wildman–Crippen LogP) is 4.71. The number of nitrogens with zero attached hydrogens (tertiary/aromatic N) is 2. The Morgan fingerprint density at radius 3 is 2.54 bits per heavy atom. The molecule has 0 aliphatic carbocycles. The molecule has 4 rings (SSSR count). The number of thiophene rings is 1. The number of rotatable bonds is 2. The molecule has 4 heteroatoms. The van der Waals surface area contributed by atoms with Crippen LogP contribution in [0.1, 0.15) is 11.3 Å². The lowest BCUT2D eigenvalue weighted by Gasteiger charge is -2.06. The minimum atomic E-state index is -0.0397. The van der Waals surface area contributed by atoms with Gasteiger partial charge in [-0.1, -0.05) is 36.4 Å². The summed E-state index contributed by atoms with van der Waals surface area (Å²) in [5.41, 5.74) is 4.61. The van der Waals surface area contributed by atoms with E-state index in [0.717, 1.165) is 21.8 Å². The smallest absolute Gasteiger partial charge is 0.258 e. The third-order valence-corrected chi connectivity index (χ3v) is 5.40. The lowest BCUT2D eigenvalue weighted by atomic mass is 10.1. The van der Waals surface area contributed by atoms with E-state index in [-0.39, 0.29) is 5.56 Å². The molecule has 0 saturated heterocycles. The third kappa shape index (κ3) is 2.45. The molecule has 0 aliphatic rings. The highest BCUT2D eigenvalue weighted by Crippen LogP contribution is 2.36. The van der Waals surface area contributed by atoms with Crippen LogP contribution in [0.15, 0.2) is 65.5 Å². The van der Waals surface area contributed by atoms with Gasteiger partial charge in [0.2, 0.25) is 0 Å². The number of aryl methyl sites for hydroxylation is 2. The van der Waals surface area contributed by atoms with Gasteiger partial charge in [-0.25, -0.2) is 4.98 Å². The molecule has 0 N–H and O–H groups in total. The lowest BCUT2D eigenvalue weighted by molar-refractivity contribution is 0.994. The first-order valence-corrected chi connectivity index (χ1v) is 8.61. The summed E-state index contributed by atoms with van der Waals surface area (Å²) in [6.07, 6.45) is 0. The summed E-state index contributed by atoms with van der Waals surface area (Å²) in [5, 5.41) is 0. The normalized spacial score (nSPS) is 11.1. The van der Waals surface area contributed by atoms with Gasteiger partial charge >= 0.3 is 0 Å². The monoisotopic (exact) mass is 332 g/mol. The standard InChI is InChI=1S/C20H16N2OS/c1-13-11-17(15-8-4-3-5-9-15)24-20(13)16-12-19(23)22-14(2)7-6-10-18(22)21-16/h3-12H,1-2H3. The zero-order valence-electron chi connectivity index (χ0n) is 13.5. The van der Waals surface area contributed by atoms with Crippen molar-refractivity contribution in [3.63, 3.8) is 0 Å². The fourth-order valence-electron chi connectivity index (χ4n) is 2.91. The third-order valence-electron chi connectivity index (χ3n) is 4.09. The van der Waals surface area contributed by atoms with Crippen LogP contribution in [0.2, 0.25) is 0 Å². The molecule has 0 saturated carbocycles. The van der Waals surface area contributed by atoms with Gasteiger partial charge in [-0.2, -0.15) is 0 Å². The van der Waals surface area contributed by atoms with Crippen molar-refractivity contribution in [2.45, 2.75) is 13.8 Å². The summed E-state index contributed by atoms with van der Waals surface area (Å²) in [6.45, 7) is 3.98. The van der Waals surface area contributed by atoms with Crippen molar-refractivity contribution in [2.75, 3.05) is 0 Å². The maximum absolute atomic E-state index is 12.5. The lowest BCUT2D eigenvalue weighted by Crippen LogP contribution is -2.16. The second kappa shape index (κ2) is 5.73. The van der Waals surface area contributed by atoms with Gasteiger partial charge in [-0.15, -0.1) is 11.3 Å². The molecule has 3 aromatic heterocycles. The molecule has 0 spiro atoms. The molecule has 24 heavy (non-hydrogen) atoms. The summed E-state index contributed by atoms with van der Waals surface area (Å²) >= 11 is 1.68. The van der Waals surface area contributed by atoms with Gasteiger partial charge in [0, 0.05) is 16.6 Å². The van der Waals surface area contributed by atoms with E-state index in [1.54, 1.807) is 21.8 Å². The Morgan fingerprint density at radius 1 is 0.958 bits per heavy atom. The van der Waals surface area contributed by atoms with Crippen LogP contribution >= 0.6 is 11.3 Å². The van der Waals surface area contributed by atoms with Gasteiger partial charge in [0.05, 0.1) is 10.6 Å². The maximum atomic E-state index is 12.5. The predicted molar refractivity (Wildman–Crippen MR) is 99.7 cm³/mol. The number of fused-ring (bicyclic) bond motifs is 1. The molecule has 0 unspecified atom stereocenters. The second-order valence-electron chi connectivity index (χ2n) is 5.83. The zero-order chi connectivity index (χ0) is 16.7. The Kier molecular flexibility index (Phi) is 3.54. The van der Waals surface area contributed by atoms with Crippen LogP contribution < -0.4 is 5.56 Å². The largest absolute Gasteiger partial charge is 0.269 e. The van der Waals surface area contributed by atoms with Crippen LogP contribution in [-0.4, -0.2) is 9.38 Å². The summed E-state index contributed by atoms with van der Waals surface area (Å²) < 4.78 is 1.64. The minimum Gasteiger partial charge on any atom is -0.269 e.